The molecule has 1 aliphatic rings. The zero-order valence-electron chi connectivity index (χ0n) is 12.6. The first-order valence-electron chi connectivity index (χ1n) is 7.05. The largest absolute Gasteiger partial charge is 0.497 e. The summed E-state index contributed by atoms with van der Waals surface area (Å²) in [6.45, 7) is 1.77. The standard InChI is InChI=1S/C16H23N3O/c1-19(2)9-8-18-16(12-17)7-6-13-4-5-15(20-3)10-14(13)11-16/h4-5,10,18H,6-9,11H2,1-3H3. The van der Waals surface area contributed by atoms with Gasteiger partial charge in [0.1, 0.15) is 11.3 Å². The van der Waals surface area contributed by atoms with Crippen LogP contribution < -0.4 is 10.1 Å². The number of fused-ring (bicyclic) bond motifs is 1. The van der Waals surface area contributed by atoms with Gasteiger partial charge in [0.15, 0.2) is 0 Å². The van der Waals surface area contributed by atoms with Crippen LogP contribution in [0.1, 0.15) is 17.5 Å². The molecule has 1 unspecified atom stereocenters. The molecule has 1 aromatic carbocycles. The summed E-state index contributed by atoms with van der Waals surface area (Å²) in [6, 6.07) is 8.68. The number of rotatable bonds is 5. The molecule has 108 valence electrons. The average Bonchev–Trinajstić information content (AvgIpc) is 2.46. The number of methoxy groups -OCH3 is 1. The molecule has 1 aromatic rings. The van der Waals surface area contributed by atoms with Gasteiger partial charge in [-0.15, -0.1) is 0 Å². The first-order valence-corrected chi connectivity index (χ1v) is 7.05. The molecule has 1 aliphatic carbocycles. The molecule has 0 heterocycles. The number of hydrogen-bond donors (Lipinski definition) is 1. The predicted octanol–water partition coefficient (Wildman–Crippen LogP) is 1.60. The van der Waals surface area contributed by atoms with E-state index in [1.54, 1.807) is 7.11 Å². The lowest BCUT2D eigenvalue weighted by Crippen LogP contribution is -2.50. The summed E-state index contributed by atoms with van der Waals surface area (Å²) in [5, 5.41) is 13.1. The van der Waals surface area contributed by atoms with E-state index in [9.17, 15) is 5.26 Å². The summed E-state index contributed by atoms with van der Waals surface area (Å²) in [5.41, 5.74) is 2.13. The van der Waals surface area contributed by atoms with Gasteiger partial charge in [0, 0.05) is 19.5 Å². The second kappa shape index (κ2) is 6.25. The van der Waals surface area contributed by atoms with Gasteiger partial charge in [-0.2, -0.15) is 5.26 Å². The first kappa shape index (κ1) is 14.8. The van der Waals surface area contributed by atoms with Crippen molar-refractivity contribution in [3.63, 3.8) is 0 Å². The van der Waals surface area contributed by atoms with Crippen molar-refractivity contribution in [2.24, 2.45) is 0 Å². The van der Waals surface area contributed by atoms with Crippen molar-refractivity contribution in [3.8, 4) is 11.8 Å². The van der Waals surface area contributed by atoms with Crippen LogP contribution in [0.2, 0.25) is 0 Å². The Morgan fingerprint density at radius 2 is 2.20 bits per heavy atom. The molecule has 0 saturated heterocycles. The molecular formula is C16H23N3O. The fourth-order valence-corrected chi connectivity index (χ4v) is 2.70. The van der Waals surface area contributed by atoms with Gasteiger partial charge in [0.25, 0.3) is 0 Å². The molecule has 0 spiro atoms. The Morgan fingerprint density at radius 3 is 2.85 bits per heavy atom. The van der Waals surface area contributed by atoms with Gasteiger partial charge in [-0.1, -0.05) is 6.07 Å². The summed E-state index contributed by atoms with van der Waals surface area (Å²) in [7, 11) is 5.76. The quantitative estimate of drug-likeness (QED) is 0.885. The maximum Gasteiger partial charge on any atom is 0.119 e. The highest BCUT2D eigenvalue weighted by atomic mass is 16.5. The topological polar surface area (TPSA) is 48.3 Å². The van der Waals surface area contributed by atoms with E-state index in [1.165, 1.54) is 11.1 Å². The fourth-order valence-electron chi connectivity index (χ4n) is 2.70. The first-order chi connectivity index (χ1) is 9.58. The van der Waals surface area contributed by atoms with Crippen LogP contribution in [-0.4, -0.2) is 44.7 Å². The predicted molar refractivity (Wildman–Crippen MR) is 79.9 cm³/mol. The lowest BCUT2D eigenvalue weighted by Gasteiger charge is -2.33. The van der Waals surface area contributed by atoms with E-state index in [0.29, 0.717) is 0 Å². The molecule has 0 aromatic heterocycles. The van der Waals surface area contributed by atoms with Crippen molar-refractivity contribution in [2.75, 3.05) is 34.3 Å². The monoisotopic (exact) mass is 273 g/mol. The van der Waals surface area contributed by atoms with Gasteiger partial charge in [-0.05, 0) is 50.2 Å². The summed E-state index contributed by atoms with van der Waals surface area (Å²) in [6.07, 6.45) is 2.57. The van der Waals surface area contributed by atoms with Crippen molar-refractivity contribution in [1.29, 1.82) is 5.26 Å². The number of nitriles is 1. The van der Waals surface area contributed by atoms with Crippen LogP contribution in [0.15, 0.2) is 18.2 Å². The Labute approximate surface area is 121 Å². The molecule has 4 nitrogen and oxygen atoms in total. The van der Waals surface area contributed by atoms with Gasteiger partial charge in [0.05, 0.1) is 13.2 Å². The second-order valence-electron chi connectivity index (χ2n) is 5.74. The van der Waals surface area contributed by atoms with Gasteiger partial charge in [0.2, 0.25) is 0 Å². The Morgan fingerprint density at radius 1 is 1.40 bits per heavy atom. The number of nitrogens with zero attached hydrogens (tertiary/aromatic N) is 2. The Hall–Kier alpha value is -1.57. The highest BCUT2D eigenvalue weighted by molar-refractivity contribution is 5.40. The zero-order valence-corrected chi connectivity index (χ0v) is 12.6. The molecule has 0 fully saturated rings. The minimum absolute atomic E-state index is 0.435. The molecule has 0 aliphatic heterocycles. The molecule has 2 rings (SSSR count). The van der Waals surface area contributed by atoms with Crippen LogP contribution >= 0.6 is 0 Å². The second-order valence-corrected chi connectivity index (χ2v) is 5.74. The van der Waals surface area contributed by atoms with Crippen LogP contribution in [0.25, 0.3) is 0 Å². The van der Waals surface area contributed by atoms with Crippen LogP contribution in [0.5, 0.6) is 5.75 Å². The maximum absolute atomic E-state index is 9.60. The number of nitrogens with one attached hydrogen (secondary N) is 1. The average molecular weight is 273 g/mol. The highest BCUT2D eigenvalue weighted by Gasteiger charge is 2.34. The van der Waals surface area contributed by atoms with Gasteiger partial charge < -0.3 is 9.64 Å². The lowest BCUT2D eigenvalue weighted by atomic mass is 9.78. The molecule has 4 heteroatoms. The number of benzene rings is 1. The lowest BCUT2D eigenvalue weighted by molar-refractivity contribution is 0.327. The SMILES string of the molecule is COc1ccc2c(c1)CC(C#N)(NCCN(C)C)CC2. The number of ether oxygens (including phenoxy) is 1. The Bertz CT molecular complexity index is 507. The van der Waals surface area contributed by atoms with Crippen molar-refractivity contribution in [3.05, 3.63) is 29.3 Å². The minimum Gasteiger partial charge on any atom is -0.497 e. The number of hydrogen-bond acceptors (Lipinski definition) is 4. The van der Waals surface area contributed by atoms with E-state index < -0.39 is 5.54 Å². The van der Waals surface area contributed by atoms with Crippen molar-refractivity contribution in [2.45, 2.75) is 24.8 Å². The molecule has 0 bridgehead atoms. The van der Waals surface area contributed by atoms with E-state index in [4.69, 9.17) is 4.74 Å². The fraction of sp³-hybridized carbons (Fsp3) is 0.562. The summed E-state index contributed by atoms with van der Waals surface area (Å²) >= 11 is 0. The summed E-state index contributed by atoms with van der Waals surface area (Å²) in [4.78, 5) is 2.12. The number of aryl methyl sites for hydroxylation is 1. The van der Waals surface area contributed by atoms with Crippen molar-refractivity contribution >= 4 is 0 Å². The molecule has 0 amide bonds. The molecule has 20 heavy (non-hydrogen) atoms. The highest BCUT2D eigenvalue weighted by Crippen LogP contribution is 2.30. The van der Waals surface area contributed by atoms with Crippen molar-refractivity contribution in [1.82, 2.24) is 10.2 Å². The number of likely N-dealkylation sites (N-methyl/N-ethyl adjacent to an activating group) is 1. The normalized spacial score (nSPS) is 21.4. The van der Waals surface area contributed by atoms with Gasteiger partial charge in [-0.3, -0.25) is 5.32 Å². The third kappa shape index (κ3) is 3.30. The molecule has 1 atom stereocenters. The van der Waals surface area contributed by atoms with Crippen molar-refractivity contribution < 1.29 is 4.74 Å². The third-order valence-electron chi connectivity index (χ3n) is 3.96. The van der Waals surface area contributed by atoms with Crippen LogP contribution in [0.3, 0.4) is 0 Å². The van der Waals surface area contributed by atoms with E-state index in [2.05, 4.69) is 28.4 Å². The molecule has 0 saturated carbocycles. The minimum atomic E-state index is -0.435. The summed E-state index contributed by atoms with van der Waals surface area (Å²) < 4.78 is 5.28. The Kier molecular flexibility index (Phi) is 4.64. The zero-order chi connectivity index (χ0) is 14.6. The third-order valence-corrected chi connectivity index (χ3v) is 3.96. The van der Waals surface area contributed by atoms with E-state index in [-0.39, 0.29) is 0 Å². The summed E-state index contributed by atoms with van der Waals surface area (Å²) in [5.74, 6) is 0.866. The Balaban J connectivity index is 2.11. The molecule has 1 N–H and O–H groups in total. The van der Waals surface area contributed by atoms with Crippen LogP contribution in [0, 0.1) is 11.3 Å². The smallest absolute Gasteiger partial charge is 0.119 e. The maximum atomic E-state index is 9.60. The van der Waals surface area contributed by atoms with Gasteiger partial charge >= 0.3 is 0 Å². The van der Waals surface area contributed by atoms with E-state index in [0.717, 1.165) is 38.1 Å². The molecular weight excluding hydrogens is 250 g/mol. The van der Waals surface area contributed by atoms with Crippen LogP contribution in [0.4, 0.5) is 0 Å². The molecule has 0 radical (unpaired) electrons. The van der Waals surface area contributed by atoms with Crippen LogP contribution in [-0.2, 0) is 12.8 Å². The van der Waals surface area contributed by atoms with Gasteiger partial charge in [-0.25, -0.2) is 0 Å². The van der Waals surface area contributed by atoms with E-state index in [1.807, 2.05) is 20.2 Å². The van der Waals surface area contributed by atoms with E-state index >= 15 is 0 Å².